The summed E-state index contributed by atoms with van der Waals surface area (Å²) in [6, 6.07) is 13.1. The van der Waals surface area contributed by atoms with E-state index in [-0.39, 0.29) is 29.0 Å². The van der Waals surface area contributed by atoms with E-state index in [1.165, 1.54) is 16.4 Å². The first kappa shape index (κ1) is 24.4. The van der Waals surface area contributed by atoms with Gasteiger partial charge in [0.15, 0.2) is 6.61 Å². The zero-order valence-corrected chi connectivity index (χ0v) is 19.4. The van der Waals surface area contributed by atoms with Crippen molar-refractivity contribution in [2.75, 3.05) is 17.5 Å². The summed E-state index contributed by atoms with van der Waals surface area (Å²) >= 11 is 0. The second-order valence-electron chi connectivity index (χ2n) is 7.66. The Morgan fingerprint density at radius 1 is 1.06 bits per heavy atom. The third-order valence-corrected chi connectivity index (χ3v) is 7.09. The van der Waals surface area contributed by atoms with E-state index >= 15 is 0 Å². The topological polar surface area (TPSA) is 92.8 Å². The van der Waals surface area contributed by atoms with Gasteiger partial charge in [-0.15, -0.1) is 0 Å². The van der Waals surface area contributed by atoms with Crippen LogP contribution in [-0.2, 0) is 19.6 Å². The van der Waals surface area contributed by atoms with Crippen LogP contribution in [0.4, 0.5) is 5.69 Å². The molecule has 0 unspecified atom stereocenters. The van der Waals surface area contributed by atoms with Gasteiger partial charge in [-0.3, -0.25) is 9.10 Å². The highest BCUT2D eigenvalue weighted by Gasteiger charge is 2.26. The fraction of sp³-hybridized carbons (Fsp3) is 0.391. The van der Waals surface area contributed by atoms with Crippen molar-refractivity contribution in [2.45, 2.75) is 45.6 Å². The van der Waals surface area contributed by atoms with E-state index in [1.807, 2.05) is 26.8 Å². The first-order valence-electron chi connectivity index (χ1n) is 10.2. The van der Waals surface area contributed by atoms with Gasteiger partial charge in [0.05, 0.1) is 16.1 Å². The number of carbonyl (C=O) groups is 2. The Morgan fingerprint density at radius 2 is 1.71 bits per heavy atom. The van der Waals surface area contributed by atoms with Gasteiger partial charge < -0.3 is 10.1 Å². The van der Waals surface area contributed by atoms with E-state index in [0.29, 0.717) is 11.3 Å². The van der Waals surface area contributed by atoms with Crippen LogP contribution in [0.3, 0.4) is 0 Å². The molecule has 0 bridgehead atoms. The molecule has 0 aliphatic heterocycles. The number of hydrogen-bond acceptors (Lipinski definition) is 5. The molecule has 0 heterocycles. The molecule has 0 radical (unpaired) electrons. The molecule has 1 amide bonds. The summed E-state index contributed by atoms with van der Waals surface area (Å²) in [6.07, 6.45) is 0. The lowest BCUT2D eigenvalue weighted by Gasteiger charge is -2.24. The van der Waals surface area contributed by atoms with Crippen LogP contribution in [0.15, 0.2) is 53.4 Å². The molecule has 2 rings (SSSR count). The van der Waals surface area contributed by atoms with Crippen LogP contribution in [-0.4, -0.2) is 39.5 Å². The molecule has 0 saturated heterocycles. The molecular formula is C23H30N2O5S. The van der Waals surface area contributed by atoms with E-state index in [0.717, 1.165) is 0 Å². The van der Waals surface area contributed by atoms with Crippen molar-refractivity contribution in [3.63, 3.8) is 0 Å². The Labute approximate surface area is 184 Å². The van der Waals surface area contributed by atoms with E-state index in [2.05, 4.69) is 5.32 Å². The SMILES string of the molecule is CCN(c1ccccc1)S(=O)(=O)c1cc(C(=O)OCC(=O)N[C@H](C)C(C)C)ccc1C. The number of nitrogens with zero attached hydrogens (tertiary/aromatic N) is 1. The van der Waals surface area contributed by atoms with Crippen LogP contribution < -0.4 is 9.62 Å². The largest absolute Gasteiger partial charge is 0.452 e. The lowest BCUT2D eigenvalue weighted by atomic mass is 10.1. The summed E-state index contributed by atoms with van der Waals surface area (Å²) in [6.45, 7) is 9.02. The van der Waals surface area contributed by atoms with Crippen LogP contribution in [0.1, 0.15) is 43.6 Å². The molecule has 0 aliphatic rings. The Balaban J connectivity index is 2.23. The number of aryl methyl sites for hydroxylation is 1. The number of nitrogens with one attached hydrogen (secondary N) is 1. The molecule has 31 heavy (non-hydrogen) atoms. The lowest BCUT2D eigenvalue weighted by Crippen LogP contribution is -2.38. The Hall–Kier alpha value is -2.87. The summed E-state index contributed by atoms with van der Waals surface area (Å²) in [7, 11) is -3.90. The normalized spacial score (nSPS) is 12.3. The van der Waals surface area contributed by atoms with Crippen molar-refractivity contribution < 1.29 is 22.7 Å². The molecule has 0 saturated carbocycles. The maximum Gasteiger partial charge on any atom is 0.338 e. The summed E-state index contributed by atoms with van der Waals surface area (Å²) in [4.78, 5) is 24.4. The summed E-state index contributed by atoms with van der Waals surface area (Å²) < 4.78 is 33.0. The van der Waals surface area contributed by atoms with Gasteiger partial charge in [-0.2, -0.15) is 0 Å². The number of hydrogen-bond donors (Lipinski definition) is 1. The minimum absolute atomic E-state index is 0.0190. The van der Waals surface area contributed by atoms with Crippen LogP contribution in [0.25, 0.3) is 0 Å². The summed E-state index contributed by atoms with van der Waals surface area (Å²) in [5, 5.41) is 2.75. The molecule has 1 atom stereocenters. The van der Waals surface area contributed by atoms with E-state index < -0.39 is 28.5 Å². The lowest BCUT2D eigenvalue weighted by molar-refractivity contribution is -0.125. The second-order valence-corrected chi connectivity index (χ2v) is 9.49. The van der Waals surface area contributed by atoms with Gasteiger partial charge in [0.25, 0.3) is 15.9 Å². The third kappa shape index (κ3) is 6.07. The van der Waals surface area contributed by atoms with E-state index in [1.54, 1.807) is 44.2 Å². The third-order valence-electron chi connectivity index (χ3n) is 5.05. The number of ether oxygens (including phenoxy) is 1. The molecule has 8 heteroatoms. The number of benzene rings is 2. The molecule has 0 spiro atoms. The monoisotopic (exact) mass is 446 g/mol. The standard InChI is InChI=1S/C23H30N2O5S/c1-6-25(20-10-8-7-9-11-20)31(28,29)21-14-19(13-12-17(21)4)23(27)30-15-22(26)24-18(5)16(2)3/h7-14,16,18H,6,15H2,1-5H3,(H,24,26)/t18-/m1/s1. The molecular weight excluding hydrogens is 416 g/mol. The van der Waals surface area contributed by atoms with Crippen molar-refractivity contribution in [2.24, 2.45) is 5.92 Å². The van der Waals surface area contributed by atoms with Crippen molar-refractivity contribution in [1.82, 2.24) is 5.32 Å². The quantitative estimate of drug-likeness (QED) is 0.595. The zero-order chi connectivity index (χ0) is 23.2. The van der Waals surface area contributed by atoms with Gasteiger partial charge in [-0.05, 0) is 56.5 Å². The number of amides is 1. The van der Waals surface area contributed by atoms with Gasteiger partial charge in [0.2, 0.25) is 0 Å². The highest BCUT2D eigenvalue weighted by atomic mass is 32.2. The van der Waals surface area contributed by atoms with Crippen LogP contribution in [0.2, 0.25) is 0 Å². The maximum absolute atomic E-state index is 13.3. The first-order valence-corrected chi connectivity index (χ1v) is 11.7. The average Bonchev–Trinajstić information content (AvgIpc) is 2.73. The highest BCUT2D eigenvalue weighted by Crippen LogP contribution is 2.26. The molecule has 168 valence electrons. The average molecular weight is 447 g/mol. The number of anilines is 1. The second kappa shape index (κ2) is 10.4. The summed E-state index contributed by atoms with van der Waals surface area (Å²) in [5.74, 6) is -0.919. The molecule has 1 N–H and O–H groups in total. The fourth-order valence-electron chi connectivity index (χ4n) is 2.89. The first-order chi connectivity index (χ1) is 14.6. The van der Waals surface area contributed by atoms with Gasteiger partial charge in [0, 0.05) is 12.6 Å². The molecule has 2 aromatic carbocycles. The zero-order valence-electron chi connectivity index (χ0n) is 18.6. The maximum atomic E-state index is 13.3. The van der Waals surface area contributed by atoms with Gasteiger partial charge in [-0.1, -0.05) is 38.1 Å². The number of sulfonamides is 1. The molecule has 0 aromatic heterocycles. The number of carbonyl (C=O) groups excluding carboxylic acids is 2. The fourth-order valence-corrected chi connectivity index (χ4v) is 4.61. The number of rotatable bonds is 9. The van der Waals surface area contributed by atoms with Crippen molar-refractivity contribution in [1.29, 1.82) is 0 Å². The number of esters is 1. The van der Waals surface area contributed by atoms with Gasteiger partial charge in [-0.25, -0.2) is 13.2 Å². The molecule has 7 nitrogen and oxygen atoms in total. The predicted octanol–water partition coefficient (Wildman–Crippen LogP) is 3.53. The minimum atomic E-state index is -3.90. The Morgan fingerprint density at radius 3 is 2.29 bits per heavy atom. The molecule has 2 aromatic rings. The van der Waals surface area contributed by atoms with E-state index in [4.69, 9.17) is 4.74 Å². The molecule has 0 fully saturated rings. The Bertz CT molecular complexity index is 1020. The van der Waals surface area contributed by atoms with E-state index in [9.17, 15) is 18.0 Å². The van der Waals surface area contributed by atoms with Crippen molar-refractivity contribution in [3.05, 3.63) is 59.7 Å². The van der Waals surface area contributed by atoms with Gasteiger partial charge >= 0.3 is 5.97 Å². The number of para-hydroxylation sites is 1. The minimum Gasteiger partial charge on any atom is -0.452 e. The van der Waals surface area contributed by atoms with Crippen LogP contribution in [0, 0.1) is 12.8 Å². The Kier molecular flexibility index (Phi) is 8.21. The molecule has 0 aliphatic carbocycles. The highest BCUT2D eigenvalue weighted by molar-refractivity contribution is 7.92. The predicted molar refractivity (Wildman–Crippen MR) is 121 cm³/mol. The van der Waals surface area contributed by atoms with Crippen LogP contribution >= 0.6 is 0 Å². The van der Waals surface area contributed by atoms with Crippen molar-refractivity contribution in [3.8, 4) is 0 Å². The van der Waals surface area contributed by atoms with Crippen molar-refractivity contribution >= 4 is 27.6 Å². The van der Waals surface area contributed by atoms with Crippen LogP contribution in [0.5, 0.6) is 0 Å². The smallest absolute Gasteiger partial charge is 0.338 e. The summed E-state index contributed by atoms with van der Waals surface area (Å²) in [5.41, 5.74) is 1.11. The van der Waals surface area contributed by atoms with Gasteiger partial charge in [0.1, 0.15) is 0 Å².